The summed E-state index contributed by atoms with van der Waals surface area (Å²) in [6.07, 6.45) is 3.00. The lowest BCUT2D eigenvalue weighted by molar-refractivity contribution is -0.137. The third kappa shape index (κ3) is 6.96. The molecular formula is C22H24O6S. The van der Waals surface area contributed by atoms with Gasteiger partial charge < -0.3 is 4.74 Å². The molecule has 2 aromatic rings. The molecule has 0 saturated carbocycles. The molecule has 7 heteroatoms. The van der Waals surface area contributed by atoms with Gasteiger partial charge in [0, 0.05) is 11.6 Å². The Balaban J connectivity index is 2.28. The number of Topliss-reactive ketones (excluding diaryl/α,β-unsaturated/α-hetero) is 1. The molecule has 2 aromatic carbocycles. The second-order valence-electron chi connectivity index (χ2n) is 6.47. The third-order valence-electron chi connectivity index (χ3n) is 4.13. The smallest absolute Gasteiger partial charge is 0.330 e. The van der Waals surface area contributed by atoms with Gasteiger partial charge in [0.2, 0.25) is 0 Å². The van der Waals surface area contributed by atoms with Gasteiger partial charge in [0.25, 0.3) is 10.1 Å². The van der Waals surface area contributed by atoms with Crippen molar-refractivity contribution in [3.05, 3.63) is 77.4 Å². The van der Waals surface area contributed by atoms with Gasteiger partial charge in [-0.05, 0) is 31.1 Å². The highest BCUT2D eigenvalue weighted by atomic mass is 32.2. The maximum atomic E-state index is 13.2. The van der Waals surface area contributed by atoms with Crippen LogP contribution in [-0.2, 0) is 23.8 Å². The molecule has 2 rings (SSSR count). The first-order valence-electron chi connectivity index (χ1n) is 9.13. The average Bonchev–Trinajstić information content (AvgIpc) is 2.66. The van der Waals surface area contributed by atoms with Crippen LogP contribution in [0.1, 0.15) is 41.3 Å². The van der Waals surface area contributed by atoms with Crippen molar-refractivity contribution in [3.8, 4) is 0 Å². The van der Waals surface area contributed by atoms with Crippen molar-refractivity contribution in [2.75, 3.05) is 12.9 Å². The highest BCUT2D eigenvalue weighted by molar-refractivity contribution is 7.86. The van der Waals surface area contributed by atoms with Gasteiger partial charge in [0.15, 0.2) is 5.78 Å². The summed E-state index contributed by atoms with van der Waals surface area (Å²) in [4.78, 5) is 24.6. The Bertz CT molecular complexity index is 962. The third-order valence-corrected chi connectivity index (χ3v) is 4.78. The number of hydrogen-bond acceptors (Lipinski definition) is 6. The molecule has 0 N–H and O–H groups in total. The van der Waals surface area contributed by atoms with Crippen LogP contribution in [0.3, 0.4) is 0 Å². The molecule has 0 saturated heterocycles. The van der Waals surface area contributed by atoms with Crippen molar-refractivity contribution in [1.82, 2.24) is 0 Å². The van der Waals surface area contributed by atoms with Crippen LogP contribution < -0.4 is 0 Å². The van der Waals surface area contributed by atoms with E-state index in [9.17, 15) is 18.0 Å². The highest BCUT2D eigenvalue weighted by Crippen LogP contribution is 2.27. The first kappa shape index (κ1) is 22.5. The second kappa shape index (κ2) is 10.1. The van der Waals surface area contributed by atoms with Crippen LogP contribution in [-0.4, -0.2) is 39.1 Å². The van der Waals surface area contributed by atoms with E-state index in [2.05, 4.69) is 0 Å². The van der Waals surface area contributed by atoms with Gasteiger partial charge in [-0.2, -0.15) is 8.42 Å². The van der Waals surface area contributed by atoms with E-state index in [1.165, 1.54) is 6.08 Å². The standard InChI is InChI=1S/C22H24O6S/c1-4-27-20(23)15-12-17-10-13-19(14-11-17)22(24)21(16(2)28-29(3,25)26)18-8-6-5-7-9-18/h5-16,21H,4H2,1-3H3/b15-12+. The van der Waals surface area contributed by atoms with Crippen LogP contribution in [0.4, 0.5) is 0 Å². The van der Waals surface area contributed by atoms with E-state index in [0.717, 1.165) is 11.8 Å². The minimum atomic E-state index is -3.72. The molecule has 0 aliphatic heterocycles. The molecule has 2 atom stereocenters. The topological polar surface area (TPSA) is 86.7 Å². The number of ether oxygens (including phenoxy) is 1. The average molecular weight is 416 g/mol. The van der Waals surface area contributed by atoms with Crippen LogP contribution in [0.2, 0.25) is 0 Å². The minimum Gasteiger partial charge on any atom is -0.463 e. The van der Waals surface area contributed by atoms with E-state index in [4.69, 9.17) is 8.92 Å². The summed E-state index contributed by atoms with van der Waals surface area (Å²) < 4.78 is 33.1. The van der Waals surface area contributed by atoms with Crippen molar-refractivity contribution < 1.29 is 26.9 Å². The Morgan fingerprint density at radius 1 is 1.03 bits per heavy atom. The van der Waals surface area contributed by atoms with E-state index in [0.29, 0.717) is 17.7 Å². The molecule has 0 spiro atoms. The lowest BCUT2D eigenvalue weighted by Crippen LogP contribution is -2.28. The van der Waals surface area contributed by atoms with Crippen molar-refractivity contribution in [1.29, 1.82) is 0 Å². The van der Waals surface area contributed by atoms with Gasteiger partial charge in [-0.1, -0.05) is 54.6 Å². The molecule has 0 heterocycles. The van der Waals surface area contributed by atoms with E-state index in [1.807, 2.05) is 6.07 Å². The number of carbonyl (C=O) groups is 2. The number of hydrogen-bond donors (Lipinski definition) is 0. The molecule has 0 aromatic heterocycles. The maximum absolute atomic E-state index is 13.2. The Morgan fingerprint density at radius 2 is 1.66 bits per heavy atom. The van der Waals surface area contributed by atoms with Gasteiger partial charge in [-0.15, -0.1) is 0 Å². The SMILES string of the molecule is CCOC(=O)/C=C/c1ccc(C(=O)C(c2ccccc2)C(C)OS(C)(=O)=O)cc1. The van der Waals surface area contributed by atoms with Crippen molar-refractivity contribution in [2.45, 2.75) is 25.9 Å². The number of benzene rings is 2. The van der Waals surface area contributed by atoms with Crippen LogP contribution in [0.15, 0.2) is 60.7 Å². The molecule has 0 radical (unpaired) electrons. The molecule has 6 nitrogen and oxygen atoms in total. The lowest BCUT2D eigenvalue weighted by Gasteiger charge is -2.22. The number of ketones is 1. The van der Waals surface area contributed by atoms with Crippen molar-refractivity contribution in [2.24, 2.45) is 0 Å². The lowest BCUT2D eigenvalue weighted by atomic mass is 9.86. The van der Waals surface area contributed by atoms with Crippen LogP contribution in [0.5, 0.6) is 0 Å². The Kier molecular flexibility index (Phi) is 7.87. The van der Waals surface area contributed by atoms with E-state index < -0.39 is 28.1 Å². The summed E-state index contributed by atoms with van der Waals surface area (Å²) >= 11 is 0. The monoisotopic (exact) mass is 416 g/mol. The van der Waals surface area contributed by atoms with Gasteiger partial charge in [0.1, 0.15) is 0 Å². The molecule has 0 bridgehead atoms. The summed E-state index contributed by atoms with van der Waals surface area (Å²) in [7, 11) is -3.72. The van der Waals surface area contributed by atoms with E-state index in [-0.39, 0.29) is 5.78 Å². The molecule has 2 unspecified atom stereocenters. The van der Waals surface area contributed by atoms with Crippen LogP contribution >= 0.6 is 0 Å². The fraction of sp³-hybridized carbons (Fsp3) is 0.273. The van der Waals surface area contributed by atoms with Gasteiger partial charge in [-0.25, -0.2) is 4.79 Å². The van der Waals surface area contributed by atoms with Crippen LogP contribution in [0.25, 0.3) is 6.08 Å². The van der Waals surface area contributed by atoms with Crippen molar-refractivity contribution >= 4 is 27.9 Å². The van der Waals surface area contributed by atoms with Crippen LogP contribution in [0, 0.1) is 0 Å². The van der Waals surface area contributed by atoms with Crippen molar-refractivity contribution in [3.63, 3.8) is 0 Å². The summed E-state index contributed by atoms with van der Waals surface area (Å²) in [6, 6.07) is 15.6. The normalized spacial score (nSPS) is 13.8. The summed E-state index contributed by atoms with van der Waals surface area (Å²) in [5.74, 6) is -1.48. The summed E-state index contributed by atoms with van der Waals surface area (Å²) in [5, 5.41) is 0. The molecular weight excluding hydrogens is 392 g/mol. The predicted octanol–water partition coefficient (Wildman–Crippen LogP) is 3.59. The van der Waals surface area contributed by atoms with E-state index >= 15 is 0 Å². The summed E-state index contributed by atoms with van der Waals surface area (Å²) in [6.45, 7) is 3.59. The first-order valence-corrected chi connectivity index (χ1v) is 10.9. The largest absolute Gasteiger partial charge is 0.463 e. The zero-order chi connectivity index (χ0) is 21.4. The molecule has 0 amide bonds. The molecule has 29 heavy (non-hydrogen) atoms. The Morgan fingerprint density at radius 3 is 2.21 bits per heavy atom. The quantitative estimate of drug-likeness (QED) is 0.269. The zero-order valence-corrected chi connectivity index (χ0v) is 17.4. The van der Waals surface area contributed by atoms with Gasteiger partial charge in [0.05, 0.1) is 24.9 Å². The Labute approximate surface area is 171 Å². The fourth-order valence-corrected chi connectivity index (χ4v) is 3.58. The van der Waals surface area contributed by atoms with E-state index in [1.54, 1.807) is 68.5 Å². The Hall–Kier alpha value is -2.77. The highest BCUT2D eigenvalue weighted by Gasteiger charge is 2.30. The predicted molar refractivity (Wildman–Crippen MR) is 111 cm³/mol. The number of carbonyl (C=O) groups excluding carboxylic acids is 2. The molecule has 0 aliphatic rings. The number of esters is 1. The molecule has 0 fully saturated rings. The molecule has 0 aliphatic carbocycles. The minimum absolute atomic E-state index is 0.256. The maximum Gasteiger partial charge on any atom is 0.330 e. The van der Waals surface area contributed by atoms with Gasteiger partial charge >= 0.3 is 5.97 Å². The fourth-order valence-electron chi connectivity index (χ4n) is 2.92. The zero-order valence-electron chi connectivity index (χ0n) is 16.6. The molecule has 154 valence electrons. The second-order valence-corrected chi connectivity index (χ2v) is 8.07. The first-order chi connectivity index (χ1) is 13.7. The number of rotatable bonds is 9. The van der Waals surface area contributed by atoms with Gasteiger partial charge in [-0.3, -0.25) is 8.98 Å². The summed E-state index contributed by atoms with van der Waals surface area (Å²) in [5.41, 5.74) is 1.81.